The van der Waals surface area contributed by atoms with Gasteiger partial charge in [-0.05, 0) is 12.8 Å². The van der Waals surface area contributed by atoms with Crippen molar-refractivity contribution in [2.24, 2.45) is 0 Å². The highest BCUT2D eigenvalue weighted by atomic mass is 35.7. The van der Waals surface area contributed by atoms with Crippen molar-refractivity contribution in [2.75, 3.05) is 13.1 Å². The molecule has 0 unspecified atom stereocenters. The van der Waals surface area contributed by atoms with Gasteiger partial charge in [-0.25, -0.2) is 23.2 Å². The summed E-state index contributed by atoms with van der Waals surface area (Å²) in [5, 5.41) is 4.46. The van der Waals surface area contributed by atoms with Crippen LogP contribution in [0.3, 0.4) is 0 Å². The van der Waals surface area contributed by atoms with Crippen LogP contribution < -0.4 is 27.2 Å². The van der Waals surface area contributed by atoms with Crippen LogP contribution >= 0.6 is 22.7 Å². The fourth-order valence-electron chi connectivity index (χ4n) is 2.81. The van der Waals surface area contributed by atoms with Gasteiger partial charge in [0.05, 0.1) is 0 Å². The van der Waals surface area contributed by atoms with Gasteiger partial charge in [0.1, 0.15) is 13.1 Å². The summed E-state index contributed by atoms with van der Waals surface area (Å²) in [5.74, 6) is 0. The van der Waals surface area contributed by atoms with E-state index in [1.807, 2.05) is 22.7 Å². The minimum Gasteiger partial charge on any atom is -0.222 e. The molecule has 0 atom stereocenters. The quantitative estimate of drug-likeness (QED) is 0.323. The fraction of sp³-hybridized carbons (Fsp3) is 0.842. The Labute approximate surface area is 174 Å². The molecule has 0 N–H and O–H groups in total. The highest BCUT2D eigenvalue weighted by Gasteiger charge is 2.07. The Morgan fingerprint density at radius 1 is 0.667 bits per heavy atom. The summed E-state index contributed by atoms with van der Waals surface area (Å²) in [5.41, 5.74) is 0. The van der Waals surface area contributed by atoms with Gasteiger partial charge in [-0.3, -0.25) is 0 Å². The summed E-state index contributed by atoms with van der Waals surface area (Å²) < 4.78 is 38.1. The van der Waals surface area contributed by atoms with Crippen molar-refractivity contribution < 1.29 is 28.9 Å². The second-order valence-corrected chi connectivity index (χ2v) is 9.48. The van der Waals surface area contributed by atoms with Gasteiger partial charge in [0.2, 0.25) is 0 Å². The normalized spacial score (nSPS) is 11.2. The van der Waals surface area contributed by atoms with Crippen LogP contribution in [0.2, 0.25) is 0 Å². The zero-order valence-corrected chi connectivity index (χ0v) is 19.2. The first kappa shape index (κ1) is 27.0. The molecule has 1 heterocycles. The van der Waals surface area contributed by atoms with E-state index in [1.165, 1.54) is 94.1 Å². The van der Waals surface area contributed by atoms with Gasteiger partial charge in [-0.2, -0.15) is 0 Å². The molecule has 1 aromatic heterocycles. The smallest absolute Gasteiger partial charge is 0.222 e. The average Bonchev–Trinajstić information content (AvgIpc) is 3.12. The molecule has 160 valence electrons. The molecule has 1 aromatic rings. The molecule has 27 heavy (non-hydrogen) atoms. The maximum atomic E-state index is 8.49. The molecule has 0 amide bonds. The summed E-state index contributed by atoms with van der Waals surface area (Å²) in [6.07, 6.45) is 16.8. The molecule has 0 aliphatic carbocycles. The van der Waals surface area contributed by atoms with Crippen molar-refractivity contribution in [3.63, 3.8) is 0 Å². The molecule has 0 saturated heterocycles. The number of hydrogen-bond donors (Lipinski definition) is 0. The lowest BCUT2D eigenvalue weighted by atomic mass is 10.1. The zero-order chi connectivity index (χ0) is 20.4. The molecule has 0 spiro atoms. The maximum Gasteiger partial charge on any atom is 0.313 e. The van der Waals surface area contributed by atoms with Crippen LogP contribution in [-0.2, 0) is 0 Å². The summed E-state index contributed by atoms with van der Waals surface area (Å²) in [7, 11) is -4.94. The van der Waals surface area contributed by atoms with Crippen LogP contribution in [0.1, 0.15) is 90.9 Å². The highest BCUT2D eigenvalue weighted by Crippen LogP contribution is 2.07. The Morgan fingerprint density at radius 2 is 1.00 bits per heavy atom. The Kier molecular flexibility index (Phi) is 18.0. The number of halogens is 1. The van der Waals surface area contributed by atoms with E-state index < -0.39 is 10.2 Å². The third kappa shape index (κ3) is 20.5. The summed E-state index contributed by atoms with van der Waals surface area (Å²) in [4.78, 5) is 0. The van der Waals surface area contributed by atoms with Crippen molar-refractivity contribution in [1.82, 2.24) is 4.58 Å². The lowest BCUT2D eigenvalue weighted by Crippen LogP contribution is -2.68. The van der Waals surface area contributed by atoms with Gasteiger partial charge in [-0.15, -0.1) is 10.2 Å². The minimum absolute atomic E-state index is 1.26. The van der Waals surface area contributed by atoms with Gasteiger partial charge in [0.25, 0.3) is 0 Å². The van der Waals surface area contributed by atoms with E-state index in [1.54, 1.807) is 0 Å². The number of unbranched alkanes of at least 4 members (excludes halogenated alkanes) is 10. The van der Waals surface area contributed by atoms with Gasteiger partial charge < -0.3 is 0 Å². The molecule has 0 aromatic carbocycles. The van der Waals surface area contributed by atoms with Crippen LogP contribution in [0.15, 0.2) is 10.8 Å². The third-order valence-corrected chi connectivity index (χ3v) is 6.43. The molecule has 0 aliphatic rings. The first-order valence-corrected chi connectivity index (χ1v) is 13.1. The predicted octanol–water partition coefficient (Wildman–Crippen LogP) is 1.55. The van der Waals surface area contributed by atoms with Crippen LogP contribution in [0.5, 0.6) is 0 Å². The van der Waals surface area contributed by atoms with E-state index in [-0.39, 0.29) is 0 Å². The molecule has 0 fully saturated rings. The number of rotatable bonds is 14. The number of nitrogens with zero attached hydrogens (tertiary/aromatic N) is 1. The lowest BCUT2D eigenvalue weighted by Gasteiger charge is -2.17. The number of hydrogen-bond acceptors (Lipinski definition) is 6. The maximum absolute atomic E-state index is 8.49. The van der Waals surface area contributed by atoms with Crippen molar-refractivity contribution in [1.29, 1.82) is 0 Å². The Balaban J connectivity index is 0.00000119. The van der Waals surface area contributed by atoms with Crippen molar-refractivity contribution in [3.8, 4) is 0 Å². The average molecular weight is 442 g/mol. The third-order valence-electron chi connectivity index (χ3n) is 4.21. The molecule has 0 bridgehead atoms. The van der Waals surface area contributed by atoms with Crippen molar-refractivity contribution in [3.05, 3.63) is 14.7 Å². The van der Waals surface area contributed by atoms with E-state index in [0.29, 0.717) is 0 Å². The molecule has 8 heteroatoms. The van der Waals surface area contributed by atoms with Crippen molar-refractivity contribution >= 4 is 22.7 Å². The second-order valence-electron chi connectivity index (χ2n) is 6.67. The standard InChI is InChI=1S/C19H36NS2.ClHO4/c1-3-5-7-9-11-13-15-20(19-21-17-18-22-19)16-14-12-10-8-6-4-2;2-1(3,4)5/h17-18H,3-16H2,1-2H3;(H,2,3,4,5)/q+1;/p-1. The minimum atomic E-state index is -4.94. The first-order valence-electron chi connectivity index (χ1n) is 10.1. The van der Waals surface area contributed by atoms with Gasteiger partial charge in [0.15, 0.2) is 0 Å². The van der Waals surface area contributed by atoms with Gasteiger partial charge in [0, 0.05) is 23.6 Å². The largest absolute Gasteiger partial charge is 0.313 e. The first-order chi connectivity index (χ1) is 12.9. The van der Waals surface area contributed by atoms with Crippen molar-refractivity contribution in [2.45, 2.75) is 90.9 Å². The Hall–Kier alpha value is -0.0200. The summed E-state index contributed by atoms with van der Waals surface area (Å²) >= 11 is 3.84. The predicted molar refractivity (Wildman–Crippen MR) is 104 cm³/mol. The van der Waals surface area contributed by atoms with Gasteiger partial charge in [-0.1, -0.05) is 87.9 Å². The van der Waals surface area contributed by atoms with E-state index in [2.05, 4.69) is 29.2 Å². The van der Waals surface area contributed by atoms with Gasteiger partial charge >= 0.3 is 3.98 Å². The second kappa shape index (κ2) is 18.0. The van der Waals surface area contributed by atoms with E-state index >= 15 is 0 Å². The Morgan fingerprint density at radius 3 is 1.37 bits per heavy atom. The Bertz CT molecular complexity index is 460. The molecular formula is C19H36ClNO4S2. The van der Waals surface area contributed by atoms with Crippen LogP contribution in [0.25, 0.3) is 0 Å². The van der Waals surface area contributed by atoms with E-state index in [4.69, 9.17) is 18.6 Å². The van der Waals surface area contributed by atoms with E-state index in [0.717, 1.165) is 0 Å². The molecule has 0 radical (unpaired) electrons. The molecule has 0 saturated carbocycles. The molecular weight excluding hydrogens is 406 g/mol. The molecule has 0 aliphatic heterocycles. The fourth-order valence-corrected chi connectivity index (χ4v) is 4.71. The van der Waals surface area contributed by atoms with E-state index in [9.17, 15) is 0 Å². The summed E-state index contributed by atoms with van der Waals surface area (Å²) in [6, 6.07) is 0. The lowest BCUT2D eigenvalue weighted by molar-refractivity contribution is -2.00. The topological polar surface area (TPSA) is 95.2 Å². The monoisotopic (exact) mass is 441 g/mol. The molecule has 1 rings (SSSR count). The van der Waals surface area contributed by atoms with Crippen LogP contribution in [0.4, 0.5) is 0 Å². The van der Waals surface area contributed by atoms with Crippen LogP contribution in [0, 0.1) is 10.2 Å². The molecule has 5 nitrogen and oxygen atoms in total. The SMILES string of the molecule is CCCCCCCC[N+](CCCCCCCC)=c1sccs1.[O-][Cl+3]([O-])([O-])[O-]. The summed E-state index contributed by atoms with van der Waals surface area (Å²) in [6.45, 7) is 7.11. The highest BCUT2D eigenvalue weighted by molar-refractivity contribution is 7.24. The zero-order valence-electron chi connectivity index (χ0n) is 16.8. The van der Waals surface area contributed by atoms with Crippen LogP contribution in [-0.4, -0.2) is 13.1 Å².